The van der Waals surface area contributed by atoms with Crippen molar-refractivity contribution < 1.29 is 4.79 Å². The Kier molecular flexibility index (Phi) is 5.79. The van der Waals surface area contributed by atoms with E-state index in [0.29, 0.717) is 6.54 Å². The van der Waals surface area contributed by atoms with E-state index in [-0.39, 0.29) is 12.1 Å². The first-order chi connectivity index (χ1) is 11.0. The molecule has 2 N–H and O–H groups in total. The summed E-state index contributed by atoms with van der Waals surface area (Å²) in [5.74, 6) is 0. The quantitative estimate of drug-likeness (QED) is 0.800. The summed E-state index contributed by atoms with van der Waals surface area (Å²) in [7, 11) is 0. The van der Waals surface area contributed by atoms with E-state index in [1.807, 2.05) is 24.7 Å². The number of carbonyl (C=O) groups is 1. The van der Waals surface area contributed by atoms with E-state index in [1.165, 1.54) is 5.56 Å². The molecule has 1 heterocycles. The van der Waals surface area contributed by atoms with Crippen molar-refractivity contribution in [3.63, 3.8) is 0 Å². The van der Waals surface area contributed by atoms with Gasteiger partial charge < -0.3 is 10.6 Å². The normalized spacial score (nSPS) is 12.0. The number of hydrogen-bond acceptors (Lipinski definition) is 2. The van der Waals surface area contributed by atoms with Crippen molar-refractivity contribution in [2.75, 3.05) is 6.54 Å². The minimum Gasteiger partial charge on any atom is -0.338 e. The van der Waals surface area contributed by atoms with Crippen molar-refractivity contribution in [3.05, 3.63) is 47.3 Å². The third kappa shape index (κ3) is 4.34. The van der Waals surface area contributed by atoms with Crippen molar-refractivity contribution in [3.8, 4) is 5.69 Å². The minimum atomic E-state index is -0.131. The predicted molar refractivity (Wildman–Crippen MR) is 92.9 cm³/mol. The van der Waals surface area contributed by atoms with E-state index in [1.54, 1.807) is 0 Å². The van der Waals surface area contributed by atoms with E-state index in [4.69, 9.17) is 0 Å². The fourth-order valence-corrected chi connectivity index (χ4v) is 2.50. The fourth-order valence-electron chi connectivity index (χ4n) is 2.50. The van der Waals surface area contributed by atoms with Gasteiger partial charge in [0.1, 0.15) is 0 Å². The van der Waals surface area contributed by atoms with E-state index in [9.17, 15) is 4.79 Å². The number of amides is 2. The molecular weight excluding hydrogens is 288 g/mol. The Morgan fingerprint density at radius 1 is 1.26 bits per heavy atom. The molecule has 2 rings (SSSR count). The van der Waals surface area contributed by atoms with Gasteiger partial charge in [0.25, 0.3) is 0 Å². The highest BCUT2D eigenvalue weighted by Crippen LogP contribution is 2.20. The van der Waals surface area contributed by atoms with Crippen molar-refractivity contribution >= 4 is 6.03 Å². The molecule has 2 aromatic rings. The Bertz CT molecular complexity index is 646. The topological polar surface area (TPSA) is 59.0 Å². The molecule has 1 atom stereocenters. The Hall–Kier alpha value is -2.30. The molecule has 0 aliphatic rings. The highest BCUT2D eigenvalue weighted by atomic mass is 16.2. The number of benzene rings is 1. The van der Waals surface area contributed by atoms with E-state index in [0.717, 1.165) is 29.8 Å². The molecule has 124 valence electrons. The smallest absolute Gasteiger partial charge is 0.315 e. The summed E-state index contributed by atoms with van der Waals surface area (Å²) >= 11 is 0. The average molecular weight is 314 g/mol. The SMILES string of the molecule is CCCCNC(=O)N[C@@H](C)c1cnn(-c2ccc(C)cc2)c1C. The molecule has 0 unspecified atom stereocenters. The number of carbonyl (C=O) groups excluding carboxylic acids is 1. The van der Waals surface area contributed by atoms with Gasteiger partial charge in [0.2, 0.25) is 0 Å². The Balaban J connectivity index is 2.06. The summed E-state index contributed by atoms with van der Waals surface area (Å²) in [5, 5.41) is 10.3. The maximum Gasteiger partial charge on any atom is 0.315 e. The molecule has 0 bridgehead atoms. The Morgan fingerprint density at radius 2 is 1.96 bits per heavy atom. The van der Waals surface area contributed by atoms with Crippen molar-refractivity contribution in [2.45, 2.75) is 46.6 Å². The lowest BCUT2D eigenvalue weighted by Crippen LogP contribution is -2.37. The molecule has 5 heteroatoms. The van der Waals surface area contributed by atoms with Crippen molar-refractivity contribution in [1.29, 1.82) is 0 Å². The molecule has 23 heavy (non-hydrogen) atoms. The van der Waals surface area contributed by atoms with Crippen LogP contribution in [0.25, 0.3) is 5.69 Å². The summed E-state index contributed by atoms with van der Waals surface area (Å²) in [6, 6.07) is 8.02. The van der Waals surface area contributed by atoms with Crippen LogP contribution in [0.3, 0.4) is 0 Å². The third-order valence-corrected chi connectivity index (χ3v) is 3.96. The van der Waals surface area contributed by atoms with Crippen LogP contribution in [0.4, 0.5) is 4.79 Å². The van der Waals surface area contributed by atoms with E-state index < -0.39 is 0 Å². The molecule has 0 aliphatic heterocycles. The van der Waals surface area contributed by atoms with Gasteiger partial charge in [-0.3, -0.25) is 0 Å². The lowest BCUT2D eigenvalue weighted by atomic mass is 10.1. The zero-order chi connectivity index (χ0) is 16.8. The number of nitrogens with one attached hydrogen (secondary N) is 2. The number of nitrogens with zero attached hydrogens (tertiary/aromatic N) is 2. The number of unbranched alkanes of at least 4 members (excludes halogenated alkanes) is 1. The molecule has 1 aromatic heterocycles. The molecule has 0 saturated carbocycles. The maximum atomic E-state index is 11.9. The van der Waals surface area contributed by atoms with Crippen LogP contribution in [-0.2, 0) is 0 Å². The largest absolute Gasteiger partial charge is 0.338 e. The van der Waals surface area contributed by atoms with Gasteiger partial charge in [0, 0.05) is 17.8 Å². The van der Waals surface area contributed by atoms with Gasteiger partial charge in [-0.15, -0.1) is 0 Å². The lowest BCUT2D eigenvalue weighted by Gasteiger charge is -2.15. The highest BCUT2D eigenvalue weighted by molar-refractivity contribution is 5.74. The van der Waals surface area contributed by atoms with Crippen molar-refractivity contribution in [1.82, 2.24) is 20.4 Å². The van der Waals surface area contributed by atoms with Crippen LogP contribution in [0, 0.1) is 13.8 Å². The second-order valence-corrected chi connectivity index (χ2v) is 5.91. The predicted octanol–water partition coefficient (Wildman–Crippen LogP) is 3.65. The summed E-state index contributed by atoms with van der Waals surface area (Å²) in [6.45, 7) is 8.87. The Morgan fingerprint density at radius 3 is 2.61 bits per heavy atom. The molecule has 0 spiro atoms. The van der Waals surface area contributed by atoms with Gasteiger partial charge in [-0.1, -0.05) is 31.0 Å². The highest BCUT2D eigenvalue weighted by Gasteiger charge is 2.16. The summed E-state index contributed by atoms with van der Waals surface area (Å²) in [4.78, 5) is 11.9. The Labute approximate surface area is 138 Å². The first-order valence-corrected chi connectivity index (χ1v) is 8.18. The molecule has 2 amide bonds. The average Bonchev–Trinajstić information content (AvgIpc) is 2.90. The third-order valence-electron chi connectivity index (χ3n) is 3.96. The van der Waals surface area contributed by atoms with Crippen LogP contribution in [0.1, 0.15) is 49.6 Å². The summed E-state index contributed by atoms with van der Waals surface area (Å²) in [5.41, 5.74) is 4.31. The van der Waals surface area contributed by atoms with Crippen LogP contribution in [0.5, 0.6) is 0 Å². The van der Waals surface area contributed by atoms with Gasteiger partial charge in [-0.2, -0.15) is 5.10 Å². The first-order valence-electron chi connectivity index (χ1n) is 8.18. The van der Waals surface area contributed by atoms with Crippen LogP contribution in [-0.4, -0.2) is 22.4 Å². The van der Waals surface area contributed by atoms with Gasteiger partial charge in [0.15, 0.2) is 0 Å². The van der Waals surface area contributed by atoms with Crippen LogP contribution < -0.4 is 10.6 Å². The number of aromatic nitrogens is 2. The molecule has 0 radical (unpaired) electrons. The monoisotopic (exact) mass is 314 g/mol. The number of hydrogen-bond donors (Lipinski definition) is 2. The second kappa shape index (κ2) is 7.81. The van der Waals surface area contributed by atoms with Gasteiger partial charge >= 0.3 is 6.03 Å². The maximum absolute atomic E-state index is 11.9. The second-order valence-electron chi connectivity index (χ2n) is 5.91. The molecule has 0 saturated heterocycles. The number of urea groups is 1. The van der Waals surface area contributed by atoms with E-state index >= 15 is 0 Å². The van der Waals surface area contributed by atoms with Crippen LogP contribution in [0.2, 0.25) is 0 Å². The number of rotatable bonds is 6. The first kappa shape index (κ1) is 17.1. The van der Waals surface area contributed by atoms with Crippen LogP contribution in [0.15, 0.2) is 30.5 Å². The molecule has 1 aromatic carbocycles. The van der Waals surface area contributed by atoms with Gasteiger partial charge in [0.05, 0.1) is 17.9 Å². The molecule has 0 aliphatic carbocycles. The standard InChI is InChI=1S/C18H26N4O/c1-5-6-11-19-18(23)21-14(3)17-12-20-22(15(17)4)16-9-7-13(2)8-10-16/h7-10,12,14H,5-6,11H2,1-4H3,(H2,19,21,23)/t14-/m0/s1. The minimum absolute atomic E-state index is 0.0872. The fraction of sp³-hybridized carbons (Fsp3) is 0.444. The lowest BCUT2D eigenvalue weighted by molar-refractivity contribution is 0.237. The molecular formula is C18H26N4O. The van der Waals surface area contributed by atoms with E-state index in [2.05, 4.69) is 53.8 Å². The van der Waals surface area contributed by atoms with Gasteiger partial charge in [-0.25, -0.2) is 9.48 Å². The summed E-state index contributed by atoms with van der Waals surface area (Å²) in [6.07, 6.45) is 3.89. The van der Waals surface area contributed by atoms with Crippen LogP contribution >= 0.6 is 0 Å². The molecule has 0 fully saturated rings. The zero-order valence-corrected chi connectivity index (χ0v) is 14.4. The zero-order valence-electron chi connectivity index (χ0n) is 14.4. The summed E-state index contributed by atoms with van der Waals surface area (Å²) < 4.78 is 1.90. The van der Waals surface area contributed by atoms with Gasteiger partial charge in [-0.05, 0) is 39.3 Å². The molecule has 5 nitrogen and oxygen atoms in total. The number of aryl methyl sites for hydroxylation is 1. The van der Waals surface area contributed by atoms with Crippen molar-refractivity contribution in [2.24, 2.45) is 0 Å².